The van der Waals surface area contributed by atoms with E-state index in [9.17, 15) is 0 Å². The first-order valence-electron chi connectivity index (χ1n) is 8.62. The lowest BCUT2D eigenvalue weighted by molar-refractivity contribution is 1.12. The molecule has 0 amide bonds. The predicted octanol–water partition coefficient (Wildman–Crippen LogP) is 6.74. The Bertz CT molecular complexity index is 979. The zero-order valence-corrected chi connectivity index (χ0v) is 15.0. The van der Waals surface area contributed by atoms with Crippen LogP contribution in [0.2, 0.25) is 0 Å². The number of benzene rings is 3. The molecule has 0 aliphatic carbocycles. The number of rotatable bonds is 4. The lowest BCUT2D eigenvalue weighted by atomic mass is 9.93. The molecule has 2 heteroatoms. The molecule has 1 heterocycles. The lowest BCUT2D eigenvalue weighted by Gasteiger charge is -2.13. The average molecular weight is 356 g/mol. The Balaban J connectivity index is 1.68. The van der Waals surface area contributed by atoms with Crippen molar-refractivity contribution in [2.75, 3.05) is 0 Å². The standard InChI is InChI=1S/C24H18ClN/c25-24(21-14-16-26-17-15-21)20-12-10-19(11-13-20)23-9-5-4-8-22(23)18-6-2-1-3-7-18/h1-17,24H. The summed E-state index contributed by atoms with van der Waals surface area (Å²) >= 11 is 6.63. The van der Waals surface area contributed by atoms with Gasteiger partial charge in [0.05, 0.1) is 5.38 Å². The maximum absolute atomic E-state index is 6.63. The second kappa shape index (κ2) is 7.55. The van der Waals surface area contributed by atoms with Crippen LogP contribution in [-0.4, -0.2) is 4.98 Å². The molecular formula is C24H18ClN. The third-order valence-electron chi connectivity index (χ3n) is 4.52. The van der Waals surface area contributed by atoms with Crippen molar-refractivity contribution in [3.05, 3.63) is 115 Å². The first-order valence-corrected chi connectivity index (χ1v) is 9.05. The quantitative estimate of drug-likeness (QED) is 0.369. The van der Waals surface area contributed by atoms with Gasteiger partial charge in [0.2, 0.25) is 0 Å². The molecular weight excluding hydrogens is 338 g/mol. The Labute approximate surface area is 158 Å². The summed E-state index contributed by atoms with van der Waals surface area (Å²) in [4.78, 5) is 4.06. The van der Waals surface area contributed by atoms with Crippen molar-refractivity contribution in [1.29, 1.82) is 0 Å². The summed E-state index contributed by atoms with van der Waals surface area (Å²) in [5.74, 6) is 0. The molecule has 0 N–H and O–H groups in total. The third kappa shape index (κ3) is 3.40. The highest BCUT2D eigenvalue weighted by molar-refractivity contribution is 6.22. The Hall–Kier alpha value is -2.90. The van der Waals surface area contributed by atoms with Crippen LogP contribution >= 0.6 is 11.6 Å². The van der Waals surface area contributed by atoms with Crippen LogP contribution < -0.4 is 0 Å². The largest absolute Gasteiger partial charge is 0.265 e. The van der Waals surface area contributed by atoms with Crippen molar-refractivity contribution >= 4 is 11.6 Å². The minimum Gasteiger partial charge on any atom is -0.265 e. The fourth-order valence-corrected chi connectivity index (χ4v) is 3.45. The van der Waals surface area contributed by atoms with Gasteiger partial charge in [-0.2, -0.15) is 0 Å². The highest BCUT2D eigenvalue weighted by atomic mass is 35.5. The number of halogens is 1. The minimum absolute atomic E-state index is 0.170. The van der Waals surface area contributed by atoms with E-state index in [4.69, 9.17) is 11.6 Å². The van der Waals surface area contributed by atoms with E-state index in [2.05, 4.69) is 77.8 Å². The summed E-state index contributed by atoms with van der Waals surface area (Å²) in [6.07, 6.45) is 3.55. The van der Waals surface area contributed by atoms with Crippen molar-refractivity contribution in [3.63, 3.8) is 0 Å². The fourth-order valence-electron chi connectivity index (χ4n) is 3.16. The van der Waals surface area contributed by atoms with Crippen molar-refractivity contribution in [1.82, 2.24) is 4.98 Å². The van der Waals surface area contributed by atoms with Crippen LogP contribution in [0.1, 0.15) is 16.5 Å². The second-order valence-corrected chi connectivity index (χ2v) is 6.61. The van der Waals surface area contributed by atoms with Crippen LogP contribution in [0.15, 0.2) is 103 Å². The molecule has 0 saturated carbocycles. The van der Waals surface area contributed by atoms with Crippen LogP contribution in [0.3, 0.4) is 0 Å². The first kappa shape index (κ1) is 16.6. The van der Waals surface area contributed by atoms with Gasteiger partial charge >= 0.3 is 0 Å². The van der Waals surface area contributed by atoms with Gasteiger partial charge in [-0.25, -0.2) is 0 Å². The molecule has 1 unspecified atom stereocenters. The Morgan fingerprint density at radius 3 is 1.65 bits per heavy atom. The molecule has 0 saturated heterocycles. The van der Waals surface area contributed by atoms with Crippen molar-refractivity contribution < 1.29 is 0 Å². The number of aromatic nitrogens is 1. The van der Waals surface area contributed by atoms with E-state index < -0.39 is 0 Å². The SMILES string of the molecule is ClC(c1ccncc1)c1ccc(-c2ccccc2-c2ccccc2)cc1. The summed E-state index contributed by atoms with van der Waals surface area (Å²) < 4.78 is 0. The zero-order chi connectivity index (χ0) is 17.8. The fraction of sp³-hybridized carbons (Fsp3) is 0.0417. The molecule has 0 aliphatic heterocycles. The van der Waals surface area contributed by atoms with Crippen LogP contribution in [0, 0.1) is 0 Å². The van der Waals surface area contributed by atoms with Crippen LogP contribution in [-0.2, 0) is 0 Å². The Morgan fingerprint density at radius 1 is 0.538 bits per heavy atom. The van der Waals surface area contributed by atoms with Gasteiger partial charge in [0, 0.05) is 12.4 Å². The molecule has 26 heavy (non-hydrogen) atoms. The van der Waals surface area contributed by atoms with Crippen LogP contribution in [0.4, 0.5) is 0 Å². The van der Waals surface area contributed by atoms with E-state index in [1.54, 1.807) is 12.4 Å². The molecule has 4 rings (SSSR count). The van der Waals surface area contributed by atoms with E-state index in [-0.39, 0.29) is 5.38 Å². The van der Waals surface area contributed by atoms with E-state index in [1.807, 2.05) is 18.2 Å². The topological polar surface area (TPSA) is 12.9 Å². The molecule has 0 fully saturated rings. The summed E-state index contributed by atoms with van der Waals surface area (Å²) in [6.45, 7) is 0. The van der Waals surface area contributed by atoms with Crippen LogP contribution in [0.5, 0.6) is 0 Å². The van der Waals surface area contributed by atoms with Crippen molar-refractivity contribution in [2.45, 2.75) is 5.38 Å². The molecule has 1 atom stereocenters. The molecule has 0 radical (unpaired) electrons. The minimum atomic E-state index is -0.170. The van der Waals surface area contributed by atoms with Gasteiger partial charge in [-0.3, -0.25) is 4.98 Å². The normalized spacial score (nSPS) is 11.9. The summed E-state index contributed by atoms with van der Waals surface area (Å²) in [6, 6.07) is 31.4. The molecule has 3 aromatic carbocycles. The van der Waals surface area contributed by atoms with E-state index in [1.165, 1.54) is 22.3 Å². The maximum Gasteiger partial charge on any atom is 0.0836 e. The number of pyridine rings is 1. The van der Waals surface area contributed by atoms with Gasteiger partial charge in [-0.05, 0) is 45.5 Å². The zero-order valence-electron chi connectivity index (χ0n) is 14.2. The molecule has 1 aromatic heterocycles. The summed E-state index contributed by atoms with van der Waals surface area (Å²) in [5, 5.41) is -0.170. The number of nitrogens with zero attached hydrogens (tertiary/aromatic N) is 1. The molecule has 0 spiro atoms. The predicted molar refractivity (Wildman–Crippen MR) is 109 cm³/mol. The lowest BCUT2D eigenvalue weighted by Crippen LogP contribution is -1.93. The summed E-state index contributed by atoms with van der Waals surface area (Å²) in [7, 11) is 0. The van der Waals surface area contributed by atoms with E-state index in [0.29, 0.717) is 0 Å². The Kier molecular flexibility index (Phi) is 4.81. The highest BCUT2D eigenvalue weighted by Gasteiger charge is 2.12. The monoisotopic (exact) mass is 355 g/mol. The van der Waals surface area contributed by atoms with E-state index in [0.717, 1.165) is 11.1 Å². The smallest absolute Gasteiger partial charge is 0.0836 e. The van der Waals surface area contributed by atoms with Gasteiger partial charge in [0.25, 0.3) is 0 Å². The number of hydrogen-bond donors (Lipinski definition) is 0. The third-order valence-corrected chi connectivity index (χ3v) is 5.03. The number of alkyl halides is 1. The van der Waals surface area contributed by atoms with Gasteiger partial charge in [-0.1, -0.05) is 78.9 Å². The summed E-state index contributed by atoms with van der Waals surface area (Å²) in [5.41, 5.74) is 7.00. The van der Waals surface area contributed by atoms with Gasteiger partial charge in [-0.15, -0.1) is 11.6 Å². The molecule has 1 nitrogen and oxygen atoms in total. The van der Waals surface area contributed by atoms with Crippen molar-refractivity contribution in [2.24, 2.45) is 0 Å². The Morgan fingerprint density at radius 2 is 1.04 bits per heavy atom. The average Bonchev–Trinajstić information content (AvgIpc) is 2.75. The molecule has 0 bridgehead atoms. The van der Waals surface area contributed by atoms with Crippen LogP contribution in [0.25, 0.3) is 22.3 Å². The maximum atomic E-state index is 6.63. The molecule has 4 aromatic rings. The van der Waals surface area contributed by atoms with Gasteiger partial charge in [0.1, 0.15) is 0 Å². The van der Waals surface area contributed by atoms with Gasteiger partial charge in [0.15, 0.2) is 0 Å². The molecule has 0 aliphatic rings. The van der Waals surface area contributed by atoms with Gasteiger partial charge < -0.3 is 0 Å². The van der Waals surface area contributed by atoms with E-state index >= 15 is 0 Å². The first-order chi connectivity index (χ1) is 12.8. The van der Waals surface area contributed by atoms with Crippen molar-refractivity contribution in [3.8, 4) is 22.3 Å². The highest BCUT2D eigenvalue weighted by Crippen LogP contribution is 2.34. The molecule has 126 valence electrons. The number of hydrogen-bond acceptors (Lipinski definition) is 1. The second-order valence-electron chi connectivity index (χ2n) is 6.18.